The molecule has 10 heavy (non-hydrogen) atoms. The molecule has 0 atom stereocenters. The molecule has 2 nitrogen and oxygen atoms in total. The van der Waals surface area contributed by atoms with E-state index < -0.39 is 0 Å². The molecule has 1 aromatic heterocycles. The van der Waals surface area contributed by atoms with Crippen LogP contribution in [0, 0.1) is 6.92 Å². The van der Waals surface area contributed by atoms with Gasteiger partial charge in [0, 0.05) is 20.3 Å². The summed E-state index contributed by atoms with van der Waals surface area (Å²) in [6, 6.07) is 4.05. The van der Waals surface area contributed by atoms with Crippen molar-refractivity contribution in [3.63, 3.8) is 0 Å². The van der Waals surface area contributed by atoms with Gasteiger partial charge in [0.15, 0.2) is 0 Å². The summed E-state index contributed by atoms with van der Waals surface area (Å²) in [5.74, 6) is 1.01. The van der Waals surface area contributed by atoms with Gasteiger partial charge in [-0.1, -0.05) is 0 Å². The van der Waals surface area contributed by atoms with Gasteiger partial charge in [-0.2, -0.15) is 0 Å². The van der Waals surface area contributed by atoms with Crippen LogP contribution in [0.5, 0.6) is 0 Å². The van der Waals surface area contributed by atoms with E-state index in [1.165, 1.54) is 5.56 Å². The van der Waals surface area contributed by atoms with Crippen molar-refractivity contribution in [1.29, 1.82) is 0 Å². The fourth-order valence-electron chi connectivity index (χ4n) is 0.765. The van der Waals surface area contributed by atoms with Gasteiger partial charge in [-0.15, -0.1) is 0 Å². The first-order valence-electron chi connectivity index (χ1n) is 3.30. The highest BCUT2D eigenvalue weighted by atomic mass is 15.1. The molecular weight excluding hydrogens is 124 g/mol. The maximum absolute atomic E-state index is 4.16. The van der Waals surface area contributed by atoms with Gasteiger partial charge in [-0.3, -0.25) is 0 Å². The topological polar surface area (TPSA) is 16.1 Å². The molecule has 0 radical (unpaired) electrons. The van der Waals surface area contributed by atoms with Gasteiger partial charge in [0.05, 0.1) is 0 Å². The normalized spacial score (nSPS) is 9.50. The highest BCUT2D eigenvalue weighted by Crippen LogP contribution is 2.07. The second kappa shape index (κ2) is 2.69. The zero-order valence-electron chi connectivity index (χ0n) is 6.63. The van der Waals surface area contributed by atoms with E-state index in [1.54, 1.807) is 0 Å². The lowest BCUT2D eigenvalue weighted by atomic mass is 10.3. The van der Waals surface area contributed by atoms with Crippen molar-refractivity contribution in [2.45, 2.75) is 6.92 Å². The van der Waals surface area contributed by atoms with E-state index in [0.717, 1.165) is 5.82 Å². The molecule has 0 saturated heterocycles. The fourth-order valence-corrected chi connectivity index (χ4v) is 0.765. The molecule has 54 valence electrons. The van der Waals surface area contributed by atoms with Crippen LogP contribution in [-0.4, -0.2) is 19.1 Å². The Morgan fingerprint density at radius 3 is 2.50 bits per heavy atom. The molecule has 0 saturated carbocycles. The van der Waals surface area contributed by atoms with E-state index in [1.807, 2.05) is 31.3 Å². The first-order valence-corrected chi connectivity index (χ1v) is 3.30. The Morgan fingerprint density at radius 2 is 2.10 bits per heavy atom. The molecule has 0 unspecified atom stereocenters. The summed E-state index contributed by atoms with van der Waals surface area (Å²) in [5.41, 5.74) is 1.25. The molecule has 1 aromatic rings. The monoisotopic (exact) mass is 136 g/mol. The molecular formula is C8H12N2. The fraction of sp³-hybridized carbons (Fsp3) is 0.375. The van der Waals surface area contributed by atoms with Crippen molar-refractivity contribution < 1.29 is 0 Å². The molecule has 0 spiro atoms. The highest BCUT2D eigenvalue weighted by Gasteiger charge is 1.93. The Bertz CT molecular complexity index is 218. The van der Waals surface area contributed by atoms with Gasteiger partial charge >= 0.3 is 0 Å². The third-order valence-corrected chi connectivity index (χ3v) is 1.36. The van der Waals surface area contributed by atoms with Gasteiger partial charge in [-0.25, -0.2) is 4.98 Å². The molecule has 0 bridgehead atoms. The average Bonchev–Trinajstić information content (AvgIpc) is 1.88. The van der Waals surface area contributed by atoms with Crippen LogP contribution >= 0.6 is 0 Å². The second-order valence-electron chi connectivity index (χ2n) is 2.59. The van der Waals surface area contributed by atoms with Crippen molar-refractivity contribution in [2.75, 3.05) is 19.0 Å². The number of rotatable bonds is 1. The standard InChI is InChI=1S/C8H12N2/c1-7-4-5-9-8(6-7)10(2)3/h4-6H,1-3H3. The van der Waals surface area contributed by atoms with Crippen LogP contribution in [0.3, 0.4) is 0 Å². The Kier molecular flexibility index (Phi) is 1.90. The van der Waals surface area contributed by atoms with Crippen LogP contribution in [0.1, 0.15) is 5.56 Å². The van der Waals surface area contributed by atoms with E-state index in [-0.39, 0.29) is 0 Å². The van der Waals surface area contributed by atoms with Crippen molar-refractivity contribution in [1.82, 2.24) is 4.98 Å². The smallest absolute Gasteiger partial charge is 0.128 e. The quantitative estimate of drug-likeness (QED) is 0.581. The van der Waals surface area contributed by atoms with Crippen LogP contribution in [0.25, 0.3) is 0 Å². The minimum Gasteiger partial charge on any atom is -0.363 e. The van der Waals surface area contributed by atoms with Gasteiger partial charge in [0.25, 0.3) is 0 Å². The Balaban J connectivity index is 2.96. The van der Waals surface area contributed by atoms with E-state index >= 15 is 0 Å². The lowest BCUT2D eigenvalue weighted by molar-refractivity contribution is 1.06. The third-order valence-electron chi connectivity index (χ3n) is 1.36. The van der Waals surface area contributed by atoms with Crippen molar-refractivity contribution in [3.05, 3.63) is 23.9 Å². The molecule has 1 heterocycles. The van der Waals surface area contributed by atoms with E-state index in [2.05, 4.69) is 18.0 Å². The van der Waals surface area contributed by atoms with E-state index in [9.17, 15) is 0 Å². The molecule has 0 fully saturated rings. The van der Waals surface area contributed by atoms with Crippen LogP contribution in [0.4, 0.5) is 5.82 Å². The van der Waals surface area contributed by atoms with Crippen LogP contribution in [0.2, 0.25) is 0 Å². The number of nitrogens with zero attached hydrogens (tertiary/aromatic N) is 2. The van der Waals surface area contributed by atoms with Crippen molar-refractivity contribution in [3.8, 4) is 0 Å². The molecule has 1 rings (SSSR count). The number of pyridine rings is 1. The lowest BCUT2D eigenvalue weighted by Gasteiger charge is -2.10. The molecule has 0 amide bonds. The van der Waals surface area contributed by atoms with Crippen LogP contribution in [-0.2, 0) is 0 Å². The van der Waals surface area contributed by atoms with Gasteiger partial charge < -0.3 is 4.90 Å². The van der Waals surface area contributed by atoms with Gasteiger partial charge in [-0.05, 0) is 24.6 Å². The zero-order valence-corrected chi connectivity index (χ0v) is 6.63. The summed E-state index contributed by atoms with van der Waals surface area (Å²) in [6.45, 7) is 2.06. The Morgan fingerprint density at radius 1 is 1.40 bits per heavy atom. The van der Waals surface area contributed by atoms with Gasteiger partial charge in [0.1, 0.15) is 5.82 Å². The highest BCUT2D eigenvalue weighted by molar-refractivity contribution is 5.38. The number of hydrogen-bond acceptors (Lipinski definition) is 2. The predicted octanol–water partition coefficient (Wildman–Crippen LogP) is 1.46. The number of aryl methyl sites for hydroxylation is 1. The Labute approximate surface area is 61.5 Å². The summed E-state index contributed by atoms with van der Waals surface area (Å²) >= 11 is 0. The zero-order chi connectivity index (χ0) is 7.56. The van der Waals surface area contributed by atoms with Crippen LogP contribution < -0.4 is 4.90 Å². The number of anilines is 1. The third kappa shape index (κ3) is 1.47. The van der Waals surface area contributed by atoms with Crippen molar-refractivity contribution >= 4 is 5.82 Å². The second-order valence-corrected chi connectivity index (χ2v) is 2.59. The number of aromatic nitrogens is 1. The van der Waals surface area contributed by atoms with Gasteiger partial charge in [0.2, 0.25) is 0 Å². The summed E-state index contributed by atoms with van der Waals surface area (Å²) in [6.07, 6.45) is 1.82. The van der Waals surface area contributed by atoms with E-state index in [4.69, 9.17) is 0 Å². The first kappa shape index (κ1) is 7.06. The summed E-state index contributed by atoms with van der Waals surface area (Å²) in [5, 5.41) is 0. The summed E-state index contributed by atoms with van der Waals surface area (Å²) in [7, 11) is 3.98. The van der Waals surface area contributed by atoms with Crippen molar-refractivity contribution in [2.24, 2.45) is 0 Å². The lowest BCUT2D eigenvalue weighted by Crippen LogP contribution is -2.10. The largest absolute Gasteiger partial charge is 0.363 e. The minimum absolute atomic E-state index is 1.01. The maximum atomic E-state index is 4.16. The summed E-state index contributed by atoms with van der Waals surface area (Å²) < 4.78 is 0. The minimum atomic E-state index is 1.01. The molecule has 0 aliphatic carbocycles. The molecule has 0 aliphatic rings. The molecule has 0 aliphatic heterocycles. The first-order chi connectivity index (χ1) is 4.70. The molecule has 0 aromatic carbocycles. The maximum Gasteiger partial charge on any atom is 0.128 e. The number of hydrogen-bond donors (Lipinski definition) is 0. The predicted molar refractivity (Wildman–Crippen MR) is 43.3 cm³/mol. The Hall–Kier alpha value is -1.05. The molecule has 0 N–H and O–H groups in total. The molecule has 2 heteroatoms. The summed E-state index contributed by atoms with van der Waals surface area (Å²) in [4.78, 5) is 6.16. The van der Waals surface area contributed by atoms with Crippen LogP contribution in [0.15, 0.2) is 18.3 Å². The average molecular weight is 136 g/mol. The SMILES string of the molecule is Cc1ccnc(N(C)C)c1. The van der Waals surface area contributed by atoms with E-state index in [0.29, 0.717) is 0 Å².